The molecule has 0 amide bonds. The van der Waals surface area contributed by atoms with Gasteiger partial charge < -0.3 is 14.2 Å². The summed E-state index contributed by atoms with van der Waals surface area (Å²) in [5.41, 5.74) is 0. The molecule has 0 aliphatic rings. The van der Waals surface area contributed by atoms with Crippen LogP contribution in [0.25, 0.3) is 0 Å². The van der Waals surface area contributed by atoms with E-state index < -0.39 is 0 Å². The minimum atomic E-state index is -0.365. The second-order valence-corrected chi connectivity index (χ2v) is 4.39. The summed E-state index contributed by atoms with van der Waals surface area (Å²) < 4.78 is 15.5. The van der Waals surface area contributed by atoms with Gasteiger partial charge in [-0.1, -0.05) is 28.9 Å². The molecule has 5 heteroatoms. The Kier molecular flexibility index (Phi) is 5.28. The van der Waals surface area contributed by atoms with Gasteiger partial charge in [0.15, 0.2) is 11.5 Å². The van der Waals surface area contributed by atoms with Crippen LogP contribution >= 0.6 is 15.9 Å². The summed E-state index contributed by atoms with van der Waals surface area (Å²) in [4.78, 5) is 11.4. The number of alkyl halides is 1. The molecule has 0 radical (unpaired) electrons. The highest BCUT2D eigenvalue weighted by Gasteiger charge is 2.20. The number of methoxy groups -OCH3 is 2. The van der Waals surface area contributed by atoms with Crippen LogP contribution in [0.4, 0.5) is 0 Å². The van der Waals surface area contributed by atoms with E-state index in [9.17, 15) is 4.79 Å². The van der Waals surface area contributed by atoms with Crippen LogP contribution in [-0.4, -0.2) is 25.0 Å². The lowest BCUT2D eigenvalue weighted by atomic mass is 10.3. The summed E-state index contributed by atoms with van der Waals surface area (Å²) >= 11 is 3.24. The molecular formula is C12H15BrO4. The van der Waals surface area contributed by atoms with E-state index in [4.69, 9.17) is 14.2 Å². The summed E-state index contributed by atoms with van der Waals surface area (Å²) in [6, 6.07) is 5.18. The number of carbonyl (C=O) groups excluding carboxylic acids is 1. The largest absolute Gasteiger partial charge is 0.493 e. The first kappa shape index (κ1) is 13.8. The molecule has 0 saturated carbocycles. The topological polar surface area (TPSA) is 44.8 Å². The maximum atomic E-state index is 11.7. The molecule has 1 aromatic rings. The van der Waals surface area contributed by atoms with Crippen molar-refractivity contribution in [3.8, 4) is 17.2 Å². The van der Waals surface area contributed by atoms with Gasteiger partial charge in [-0.25, -0.2) is 0 Å². The zero-order valence-corrected chi connectivity index (χ0v) is 11.6. The lowest BCUT2D eigenvalue weighted by molar-refractivity contribution is -0.133. The standard InChI is InChI=1S/C12H15BrO4/c1-4-8(13)12(14)17-11-9(15-2)6-5-7-10(11)16-3/h5-8H,4H2,1-3H3/t8-/m1/s1. The molecule has 17 heavy (non-hydrogen) atoms. The van der Waals surface area contributed by atoms with Crippen LogP contribution in [-0.2, 0) is 4.79 Å². The third-order valence-corrected chi connectivity index (χ3v) is 3.22. The molecule has 0 fully saturated rings. The monoisotopic (exact) mass is 302 g/mol. The fourth-order valence-electron chi connectivity index (χ4n) is 1.25. The number of hydrogen-bond acceptors (Lipinski definition) is 4. The number of ether oxygens (including phenoxy) is 3. The molecule has 0 bridgehead atoms. The van der Waals surface area contributed by atoms with E-state index in [0.29, 0.717) is 23.7 Å². The van der Waals surface area contributed by atoms with Crippen LogP contribution in [0.15, 0.2) is 18.2 Å². The molecule has 94 valence electrons. The van der Waals surface area contributed by atoms with Crippen molar-refractivity contribution in [3.63, 3.8) is 0 Å². The van der Waals surface area contributed by atoms with E-state index in [1.165, 1.54) is 14.2 Å². The third-order valence-electron chi connectivity index (χ3n) is 2.20. The first-order valence-electron chi connectivity index (χ1n) is 5.20. The third kappa shape index (κ3) is 3.36. The van der Waals surface area contributed by atoms with Crippen molar-refractivity contribution in [2.75, 3.05) is 14.2 Å². The van der Waals surface area contributed by atoms with Gasteiger partial charge in [0.05, 0.1) is 14.2 Å². The van der Waals surface area contributed by atoms with Crippen LogP contribution in [0.1, 0.15) is 13.3 Å². The number of benzene rings is 1. The van der Waals surface area contributed by atoms with Gasteiger partial charge in [0, 0.05) is 0 Å². The first-order valence-corrected chi connectivity index (χ1v) is 6.12. The minimum Gasteiger partial charge on any atom is -0.493 e. The normalized spacial score (nSPS) is 11.8. The van der Waals surface area contributed by atoms with Crippen LogP contribution in [0.3, 0.4) is 0 Å². The van der Waals surface area contributed by atoms with E-state index in [-0.39, 0.29) is 10.8 Å². The molecule has 0 unspecified atom stereocenters. The minimum absolute atomic E-state index is 0.306. The molecule has 4 nitrogen and oxygen atoms in total. The van der Waals surface area contributed by atoms with Crippen molar-refractivity contribution in [2.24, 2.45) is 0 Å². The van der Waals surface area contributed by atoms with E-state index >= 15 is 0 Å². The van der Waals surface area contributed by atoms with Crippen molar-refractivity contribution in [3.05, 3.63) is 18.2 Å². The molecule has 0 heterocycles. The number of esters is 1. The molecule has 0 aromatic heterocycles. The quantitative estimate of drug-likeness (QED) is 0.477. The number of para-hydroxylation sites is 1. The van der Waals surface area contributed by atoms with Crippen LogP contribution in [0, 0.1) is 0 Å². The summed E-state index contributed by atoms with van der Waals surface area (Å²) in [6.07, 6.45) is 0.649. The van der Waals surface area contributed by atoms with Gasteiger partial charge in [-0.3, -0.25) is 4.79 Å². The van der Waals surface area contributed by atoms with Crippen LogP contribution < -0.4 is 14.2 Å². The van der Waals surface area contributed by atoms with Gasteiger partial charge >= 0.3 is 5.97 Å². The smallest absolute Gasteiger partial charge is 0.325 e. The van der Waals surface area contributed by atoms with Crippen molar-refractivity contribution < 1.29 is 19.0 Å². The average molecular weight is 303 g/mol. The van der Waals surface area contributed by atoms with Gasteiger partial charge in [-0.15, -0.1) is 0 Å². The Morgan fingerprint density at radius 3 is 2.24 bits per heavy atom. The Balaban J connectivity index is 2.99. The van der Waals surface area contributed by atoms with E-state index in [1.807, 2.05) is 6.92 Å². The highest BCUT2D eigenvalue weighted by atomic mass is 79.9. The van der Waals surface area contributed by atoms with E-state index in [0.717, 1.165) is 0 Å². The summed E-state index contributed by atoms with van der Waals surface area (Å²) in [7, 11) is 3.02. The molecule has 1 atom stereocenters. The van der Waals surface area contributed by atoms with Gasteiger partial charge in [0.25, 0.3) is 0 Å². The summed E-state index contributed by atoms with van der Waals surface area (Å²) in [5.74, 6) is 0.873. The number of halogens is 1. The molecule has 0 N–H and O–H groups in total. The molecule has 0 spiro atoms. The fourth-order valence-corrected chi connectivity index (χ4v) is 1.34. The van der Waals surface area contributed by atoms with Crippen molar-refractivity contribution in [2.45, 2.75) is 18.2 Å². The Hall–Kier alpha value is -1.23. The summed E-state index contributed by atoms with van der Waals surface area (Å²) in [6.45, 7) is 1.89. The second kappa shape index (κ2) is 6.49. The average Bonchev–Trinajstić information content (AvgIpc) is 2.37. The first-order chi connectivity index (χ1) is 8.13. The Morgan fingerprint density at radius 2 is 1.82 bits per heavy atom. The molecule has 1 rings (SSSR count). The number of carbonyl (C=O) groups is 1. The predicted molar refractivity (Wildman–Crippen MR) is 68.2 cm³/mol. The fraction of sp³-hybridized carbons (Fsp3) is 0.417. The van der Waals surface area contributed by atoms with E-state index in [2.05, 4.69) is 15.9 Å². The maximum Gasteiger partial charge on any atom is 0.325 e. The molecular weight excluding hydrogens is 288 g/mol. The second-order valence-electron chi connectivity index (χ2n) is 3.29. The van der Waals surface area contributed by atoms with Crippen LogP contribution in [0.2, 0.25) is 0 Å². The number of rotatable bonds is 5. The van der Waals surface area contributed by atoms with Gasteiger partial charge in [0.2, 0.25) is 5.75 Å². The number of hydrogen-bond donors (Lipinski definition) is 0. The van der Waals surface area contributed by atoms with Crippen molar-refractivity contribution in [1.82, 2.24) is 0 Å². The lowest BCUT2D eigenvalue weighted by Crippen LogP contribution is -2.20. The van der Waals surface area contributed by atoms with Crippen LogP contribution in [0.5, 0.6) is 17.2 Å². The van der Waals surface area contributed by atoms with Crippen molar-refractivity contribution in [1.29, 1.82) is 0 Å². The Morgan fingerprint density at radius 1 is 1.29 bits per heavy atom. The van der Waals surface area contributed by atoms with E-state index in [1.54, 1.807) is 18.2 Å². The van der Waals surface area contributed by atoms with Gasteiger partial charge in [0.1, 0.15) is 4.83 Å². The highest BCUT2D eigenvalue weighted by Crippen LogP contribution is 2.37. The van der Waals surface area contributed by atoms with Gasteiger partial charge in [-0.2, -0.15) is 0 Å². The zero-order chi connectivity index (χ0) is 12.8. The molecule has 0 aliphatic heterocycles. The Labute approximate surface area is 109 Å². The molecule has 0 aliphatic carbocycles. The lowest BCUT2D eigenvalue weighted by Gasteiger charge is -2.14. The zero-order valence-electron chi connectivity index (χ0n) is 10.0. The molecule has 0 saturated heterocycles. The maximum absolute atomic E-state index is 11.7. The molecule has 1 aromatic carbocycles. The van der Waals surface area contributed by atoms with Gasteiger partial charge in [-0.05, 0) is 18.6 Å². The van der Waals surface area contributed by atoms with Crippen molar-refractivity contribution >= 4 is 21.9 Å². The SMILES string of the molecule is CC[C@@H](Br)C(=O)Oc1c(OC)cccc1OC. The highest BCUT2D eigenvalue weighted by molar-refractivity contribution is 9.10. The predicted octanol–water partition coefficient (Wildman–Crippen LogP) is 2.78. The Bertz CT molecular complexity index is 370. The summed E-state index contributed by atoms with van der Waals surface area (Å²) in [5, 5.41) is 0.